The van der Waals surface area contributed by atoms with E-state index in [0.29, 0.717) is 18.7 Å². The lowest BCUT2D eigenvalue weighted by Gasteiger charge is -2.17. The lowest BCUT2D eigenvalue weighted by molar-refractivity contribution is -0.384. The third-order valence-corrected chi connectivity index (χ3v) is 4.88. The largest absolute Gasteiger partial charge is 0.497 e. The number of rotatable bonds is 6. The number of nitrogens with zero attached hydrogens (tertiary/aromatic N) is 2. The van der Waals surface area contributed by atoms with Crippen LogP contribution < -0.4 is 15.0 Å². The van der Waals surface area contributed by atoms with E-state index in [2.05, 4.69) is 5.32 Å². The maximum Gasteiger partial charge on any atom is 0.270 e. The fourth-order valence-corrected chi connectivity index (χ4v) is 3.27. The van der Waals surface area contributed by atoms with Gasteiger partial charge in [-0.15, -0.1) is 0 Å². The van der Waals surface area contributed by atoms with Crippen molar-refractivity contribution in [2.45, 2.75) is 6.42 Å². The van der Waals surface area contributed by atoms with Gasteiger partial charge in [-0.05, 0) is 30.3 Å². The molecule has 0 bridgehead atoms. The van der Waals surface area contributed by atoms with Crippen LogP contribution in [0, 0.1) is 16.0 Å². The molecule has 8 nitrogen and oxygen atoms in total. The van der Waals surface area contributed by atoms with Gasteiger partial charge in [0.2, 0.25) is 5.91 Å². The van der Waals surface area contributed by atoms with Gasteiger partial charge in [0.1, 0.15) is 5.75 Å². The molecule has 28 heavy (non-hydrogen) atoms. The molecular weight excluding hydrogens is 386 g/mol. The smallest absolute Gasteiger partial charge is 0.270 e. The van der Waals surface area contributed by atoms with Gasteiger partial charge >= 0.3 is 0 Å². The van der Waals surface area contributed by atoms with Crippen molar-refractivity contribution in [1.29, 1.82) is 0 Å². The zero-order valence-electron chi connectivity index (χ0n) is 15.1. The van der Waals surface area contributed by atoms with Crippen LogP contribution in [0.15, 0.2) is 42.5 Å². The molecule has 0 saturated carbocycles. The number of anilines is 1. The highest BCUT2D eigenvalue weighted by molar-refractivity contribution is 6.33. The molecule has 2 amide bonds. The Kier molecular flexibility index (Phi) is 5.79. The highest BCUT2D eigenvalue weighted by Crippen LogP contribution is 2.27. The number of hydrogen-bond acceptors (Lipinski definition) is 5. The quantitative estimate of drug-likeness (QED) is 0.590. The standard InChI is InChI=1S/C19H18ClN3O5/c1-28-15-5-2-13(3-6-15)22-11-12(8-18(22)24)10-21-19(25)16-9-14(23(26)27)4-7-17(16)20/h2-7,9,12H,8,10-11H2,1H3,(H,21,25). The number of nitrogens with one attached hydrogen (secondary N) is 1. The third kappa shape index (κ3) is 4.23. The lowest BCUT2D eigenvalue weighted by atomic mass is 10.1. The van der Waals surface area contributed by atoms with Crippen LogP contribution in [-0.4, -0.2) is 36.9 Å². The Labute approximate surface area is 166 Å². The Balaban J connectivity index is 1.62. The number of benzene rings is 2. The summed E-state index contributed by atoms with van der Waals surface area (Å²) < 4.78 is 5.12. The van der Waals surface area contributed by atoms with Gasteiger partial charge in [0.05, 0.1) is 22.6 Å². The predicted molar refractivity (Wildman–Crippen MR) is 104 cm³/mol. The second-order valence-corrected chi connectivity index (χ2v) is 6.81. The maximum absolute atomic E-state index is 12.4. The molecule has 146 valence electrons. The molecule has 3 rings (SSSR count). The highest BCUT2D eigenvalue weighted by atomic mass is 35.5. The molecule has 1 aliphatic heterocycles. The summed E-state index contributed by atoms with van der Waals surface area (Å²) in [5.41, 5.74) is 0.588. The zero-order chi connectivity index (χ0) is 20.3. The summed E-state index contributed by atoms with van der Waals surface area (Å²) in [5.74, 6) is 0.0888. The summed E-state index contributed by atoms with van der Waals surface area (Å²) in [5, 5.41) is 13.7. The minimum atomic E-state index is -0.588. The molecular formula is C19H18ClN3O5. The van der Waals surface area contributed by atoms with Crippen LogP contribution in [0.2, 0.25) is 5.02 Å². The van der Waals surface area contributed by atoms with Crippen LogP contribution in [-0.2, 0) is 4.79 Å². The van der Waals surface area contributed by atoms with Crippen molar-refractivity contribution in [3.05, 3.63) is 63.2 Å². The van der Waals surface area contributed by atoms with E-state index in [-0.39, 0.29) is 34.6 Å². The van der Waals surface area contributed by atoms with Crippen LogP contribution in [0.1, 0.15) is 16.8 Å². The minimum Gasteiger partial charge on any atom is -0.497 e. The number of methoxy groups -OCH3 is 1. The average molecular weight is 404 g/mol. The van der Waals surface area contributed by atoms with E-state index < -0.39 is 10.8 Å². The SMILES string of the molecule is COc1ccc(N2CC(CNC(=O)c3cc([N+](=O)[O-])ccc3Cl)CC2=O)cc1. The fourth-order valence-electron chi connectivity index (χ4n) is 3.06. The first-order valence-electron chi connectivity index (χ1n) is 8.55. The number of nitro groups is 1. The Bertz CT molecular complexity index is 916. The van der Waals surface area contributed by atoms with Crippen LogP contribution in [0.25, 0.3) is 0 Å². The molecule has 2 aromatic rings. The molecule has 1 unspecified atom stereocenters. The molecule has 1 fully saturated rings. The summed E-state index contributed by atoms with van der Waals surface area (Å²) in [6, 6.07) is 10.9. The van der Waals surface area contributed by atoms with Crippen LogP contribution in [0.5, 0.6) is 5.75 Å². The Morgan fingerprint density at radius 2 is 2.04 bits per heavy atom. The average Bonchev–Trinajstić information content (AvgIpc) is 3.07. The normalized spacial score (nSPS) is 16.1. The number of halogens is 1. The van der Waals surface area contributed by atoms with Crippen molar-refractivity contribution in [3.8, 4) is 5.75 Å². The van der Waals surface area contributed by atoms with E-state index in [9.17, 15) is 19.7 Å². The van der Waals surface area contributed by atoms with Gasteiger partial charge in [0.15, 0.2) is 0 Å². The molecule has 2 aromatic carbocycles. The topological polar surface area (TPSA) is 102 Å². The maximum atomic E-state index is 12.4. The molecule has 0 aromatic heterocycles. The van der Waals surface area contributed by atoms with Crippen molar-refractivity contribution in [1.82, 2.24) is 5.32 Å². The summed E-state index contributed by atoms with van der Waals surface area (Å²) in [6.07, 6.45) is 0.301. The van der Waals surface area contributed by atoms with Crippen LogP contribution in [0.4, 0.5) is 11.4 Å². The fraction of sp³-hybridized carbons (Fsp3) is 0.263. The van der Waals surface area contributed by atoms with Gasteiger partial charge in [-0.3, -0.25) is 19.7 Å². The number of carbonyl (C=O) groups excluding carboxylic acids is 2. The van der Waals surface area contributed by atoms with Crippen LogP contribution >= 0.6 is 11.6 Å². The minimum absolute atomic E-state index is 0.0298. The molecule has 1 heterocycles. The summed E-state index contributed by atoms with van der Waals surface area (Å²) >= 11 is 5.99. The number of non-ortho nitro benzene ring substituents is 1. The Morgan fingerprint density at radius 3 is 2.68 bits per heavy atom. The highest BCUT2D eigenvalue weighted by Gasteiger charge is 2.31. The number of ether oxygens (including phenoxy) is 1. The van der Waals surface area contributed by atoms with Crippen molar-refractivity contribution >= 4 is 34.8 Å². The summed E-state index contributed by atoms with van der Waals surface area (Å²) in [6.45, 7) is 0.727. The van der Waals surface area contributed by atoms with Crippen molar-refractivity contribution < 1.29 is 19.2 Å². The van der Waals surface area contributed by atoms with Crippen LogP contribution in [0.3, 0.4) is 0 Å². The van der Waals surface area contributed by atoms with E-state index in [1.54, 1.807) is 36.3 Å². The van der Waals surface area contributed by atoms with E-state index >= 15 is 0 Å². The summed E-state index contributed by atoms with van der Waals surface area (Å²) in [4.78, 5) is 36.6. The first-order valence-corrected chi connectivity index (χ1v) is 8.93. The lowest BCUT2D eigenvalue weighted by Crippen LogP contribution is -2.31. The van der Waals surface area contributed by atoms with Crippen molar-refractivity contribution in [3.63, 3.8) is 0 Å². The molecule has 1 atom stereocenters. The predicted octanol–water partition coefficient (Wildman–Crippen LogP) is 3.04. The second kappa shape index (κ2) is 8.26. The van der Waals surface area contributed by atoms with Gasteiger partial charge in [-0.25, -0.2) is 0 Å². The van der Waals surface area contributed by atoms with Crippen molar-refractivity contribution in [2.75, 3.05) is 25.1 Å². The van der Waals surface area contributed by atoms with Gasteiger partial charge < -0.3 is 15.0 Å². The molecule has 1 aliphatic rings. The zero-order valence-corrected chi connectivity index (χ0v) is 15.8. The third-order valence-electron chi connectivity index (χ3n) is 4.55. The van der Waals surface area contributed by atoms with E-state index in [0.717, 1.165) is 11.8 Å². The van der Waals surface area contributed by atoms with Gasteiger partial charge in [0.25, 0.3) is 11.6 Å². The van der Waals surface area contributed by atoms with Gasteiger partial charge in [-0.1, -0.05) is 11.6 Å². The molecule has 1 N–H and O–H groups in total. The van der Waals surface area contributed by atoms with Gasteiger partial charge in [0, 0.05) is 43.2 Å². The molecule has 9 heteroatoms. The monoisotopic (exact) mass is 403 g/mol. The second-order valence-electron chi connectivity index (χ2n) is 6.40. The number of amides is 2. The number of hydrogen-bond donors (Lipinski definition) is 1. The van der Waals surface area contributed by atoms with E-state index in [1.165, 1.54) is 12.1 Å². The molecule has 0 spiro atoms. The first kappa shape index (κ1) is 19.6. The Morgan fingerprint density at radius 1 is 1.32 bits per heavy atom. The van der Waals surface area contributed by atoms with Gasteiger partial charge in [-0.2, -0.15) is 0 Å². The Hall–Kier alpha value is -3.13. The molecule has 0 radical (unpaired) electrons. The molecule has 1 saturated heterocycles. The summed E-state index contributed by atoms with van der Waals surface area (Å²) in [7, 11) is 1.57. The molecule has 0 aliphatic carbocycles. The van der Waals surface area contributed by atoms with Crippen molar-refractivity contribution in [2.24, 2.45) is 5.92 Å². The number of nitro benzene ring substituents is 1. The van der Waals surface area contributed by atoms with E-state index in [4.69, 9.17) is 16.3 Å². The first-order chi connectivity index (χ1) is 13.4. The number of carbonyl (C=O) groups is 2. The van der Waals surface area contributed by atoms with E-state index in [1.807, 2.05) is 0 Å².